The zero-order valence-corrected chi connectivity index (χ0v) is 14.4. The number of hydrogen-bond acceptors (Lipinski definition) is 3. The molecule has 1 aliphatic carbocycles. The molecule has 4 nitrogen and oxygen atoms in total. The van der Waals surface area contributed by atoms with Crippen LogP contribution in [0.1, 0.15) is 24.5 Å². The molecule has 0 bridgehead atoms. The van der Waals surface area contributed by atoms with Crippen LogP contribution in [-0.4, -0.2) is 19.7 Å². The first-order valence-corrected chi connectivity index (χ1v) is 9.55. The standard InChI is InChI=1S/C18H22N2O2S/c1-12-11-15(23(3,21)22)16(14-9-10-20-17(12)14)18(2,19)13-7-5-4-6-8-13/h4-7,9-11,13,20H,8,19H2,1-3H3. The highest BCUT2D eigenvalue weighted by Gasteiger charge is 2.36. The van der Waals surface area contributed by atoms with Crippen molar-refractivity contribution in [1.29, 1.82) is 0 Å². The van der Waals surface area contributed by atoms with E-state index in [-0.39, 0.29) is 5.92 Å². The summed E-state index contributed by atoms with van der Waals surface area (Å²) >= 11 is 0. The minimum Gasteiger partial charge on any atom is -0.361 e. The van der Waals surface area contributed by atoms with Gasteiger partial charge in [0.05, 0.1) is 4.90 Å². The monoisotopic (exact) mass is 330 g/mol. The maximum absolute atomic E-state index is 12.4. The molecular weight excluding hydrogens is 308 g/mol. The second-order valence-corrected chi connectivity index (χ2v) is 8.53. The summed E-state index contributed by atoms with van der Waals surface area (Å²) in [5.74, 6) is 0.0498. The van der Waals surface area contributed by atoms with Crippen molar-refractivity contribution in [1.82, 2.24) is 4.98 Å². The van der Waals surface area contributed by atoms with E-state index >= 15 is 0 Å². The minimum atomic E-state index is -3.38. The number of rotatable bonds is 3. The van der Waals surface area contributed by atoms with E-state index in [0.717, 1.165) is 22.9 Å². The van der Waals surface area contributed by atoms with E-state index in [2.05, 4.69) is 17.1 Å². The lowest BCUT2D eigenvalue weighted by atomic mass is 9.76. The van der Waals surface area contributed by atoms with E-state index in [0.29, 0.717) is 10.5 Å². The second kappa shape index (κ2) is 5.35. The SMILES string of the molecule is Cc1cc(S(C)(=O)=O)c(C(C)(N)C2C=CC=CC2)c2cc[nH]c12. The van der Waals surface area contributed by atoms with Crippen LogP contribution in [0.4, 0.5) is 0 Å². The molecule has 0 radical (unpaired) electrons. The van der Waals surface area contributed by atoms with Crippen LogP contribution in [0, 0.1) is 12.8 Å². The van der Waals surface area contributed by atoms with Crippen molar-refractivity contribution in [3.8, 4) is 0 Å². The number of nitrogens with two attached hydrogens (primary N) is 1. The molecule has 23 heavy (non-hydrogen) atoms. The van der Waals surface area contributed by atoms with E-state index in [4.69, 9.17) is 5.73 Å². The normalized spacial score (nSPS) is 20.8. The maximum atomic E-state index is 12.4. The Morgan fingerprint density at radius 3 is 2.70 bits per heavy atom. The summed E-state index contributed by atoms with van der Waals surface area (Å²) in [6.45, 7) is 3.83. The van der Waals surface area contributed by atoms with Crippen molar-refractivity contribution >= 4 is 20.7 Å². The molecule has 0 saturated carbocycles. The van der Waals surface area contributed by atoms with Gasteiger partial charge >= 0.3 is 0 Å². The third kappa shape index (κ3) is 2.64. The van der Waals surface area contributed by atoms with Gasteiger partial charge in [-0.2, -0.15) is 0 Å². The third-order valence-electron chi connectivity index (χ3n) is 4.69. The Hall–Kier alpha value is -1.85. The molecular formula is C18H22N2O2S. The van der Waals surface area contributed by atoms with E-state index in [1.165, 1.54) is 6.26 Å². The number of aromatic nitrogens is 1. The molecule has 0 amide bonds. The zero-order valence-electron chi connectivity index (χ0n) is 13.6. The van der Waals surface area contributed by atoms with Gasteiger partial charge in [-0.1, -0.05) is 24.3 Å². The largest absolute Gasteiger partial charge is 0.361 e. The third-order valence-corrected chi connectivity index (χ3v) is 5.81. The van der Waals surface area contributed by atoms with Crippen LogP contribution in [0.3, 0.4) is 0 Å². The Labute approximate surface area is 137 Å². The Morgan fingerprint density at radius 2 is 2.09 bits per heavy atom. The molecule has 1 heterocycles. The minimum absolute atomic E-state index is 0.0498. The first-order valence-electron chi connectivity index (χ1n) is 7.66. The number of aryl methyl sites for hydroxylation is 1. The summed E-state index contributed by atoms with van der Waals surface area (Å²) in [7, 11) is -3.38. The van der Waals surface area contributed by atoms with Crippen LogP contribution in [0.5, 0.6) is 0 Å². The fourth-order valence-corrected chi connectivity index (χ4v) is 4.53. The van der Waals surface area contributed by atoms with Crippen molar-refractivity contribution < 1.29 is 8.42 Å². The lowest BCUT2D eigenvalue weighted by Crippen LogP contribution is -2.42. The molecule has 0 saturated heterocycles. The fraction of sp³-hybridized carbons (Fsp3) is 0.333. The van der Waals surface area contributed by atoms with Crippen LogP contribution in [0.25, 0.3) is 10.9 Å². The van der Waals surface area contributed by atoms with E-state index < -0.39 is 15.4 Å². The maximum Gasteiger partial charge on any atom is 0.175 e. The van der Waals surface area contributed by atoms with Crippen molar-refractivity contribution in [3.63, 3.8) is 0 Å². The molecule has 2 aromatic rings. The van der Waals surface area contributed by atoms with Crippen LogP contribution >= 0.6 is 0 Å². The van der Waals surface area contributed by atoms with Crippen LogP contribution in [0.2, 0.25) is 0 Å². The molecule has 2 atom stereocenters. The lowest BCUT2D eigenvalue weighted by molar-refractivity contribution is 0.357. The van der Waals surface area contributed by atoms with Gasteiger partial charge in [0.1, 0.15) is 0 Å². The summed E-state index contributed by atoms with van der Waals surface area (Å²) in [6.07, 6.45) is 12.0. The summed E-state index contributed by atoms with van der Waals surface area (Å²) in [6, 6.07) is 3.65. The topological polar surface area (TPSA) is 75.9 Å². The molecule has 0 spiro atoms. The molecule has 5 heteroatoms. The first kappa shape index (κ1) is 16.0. The van der Waals surface area contributed by atoms with Crippen molar-refractivity contribution in [2.45, 2.75) is 30.7 Å². The predicted octanol–water partition coefficient (Wildman–Crippen LogP) is 3.19. The van der Waals surface area contributed by atoms with Gasteiger partial charge in [-0.05, 0) is 38.0 Å². The van der Waals surface area contributed by atoms with E-state index in [1.807, 2.05) is 38.3 Å². The number of hydrogen-bond donors (Lipinski definition) is 2. The highest BCUT2D eigenvalue weighted by molar-refractivity contribution is 7.90. The number of nitrogens with one attached hydrogen (secondary N) is 1. The number of H-pyrrole nitrogens is 1. The summed E-state index contributed by atoms with van der Waals surface area (Å²) in [4.78, 5) is 3.53. The van der Waals surface area contributed by atoms with Gasteiger partial charge in [0.15, 0.2) is 9.84 Å². The van der Waals surface area contributed by atoms with Gasteiger partial charge in [0, 0.05) is 40.4 Å². The smallest absolute Gasteiger partial charge is 0.175 e. The Morgan fingerprint density at radius 1 is 1.35 bits per heavy atom. The van der Waals surface area contributed by atoms with Crippen molar-refractivity contribution in [2.75, 3.05) is 6.26 Å². The van der Waals surface area contributed by atoms with Gasteiger partial charge in [0.2, 0.25) is 0 Å². The Kier molecular flexibility index (Phi) is 3.73. The quantitative estimate of drug-likeness (QED) is 0.907. The van der Waals surface area contributed by atoms with E-state index in [1.54, 1.807) is 6.07 Å². The van der Waals surface area contributed by atoms with E-state index in [9.17, 15) is 8.42 Å². The number of benzene rings is 1. The number of fused-ring (bicyclic) bond motifs is 1. The Balaban J connectivity index is 2.34. The van der Waals surface area contributed by atoms with Crippen LogP contribution < -0.4 is 5.73 Å². The van der Waals surface area contributed by atoms with Gasteiger partial charge in [-0.3, -0.25) is 0 Å². The van der Waals surface area contributed by atoms with Crippen LogP contribution in [0.15, 0.2) is 47.5 Å². The molecule has 122 valence electrons. The molecule has 1 aromatic heterocycles. The molecule has 3 N–H and O–H groups in total. The summed E-state index contributed by atoms with van der Waals surface area (Å²) < 4.78 is 24.8. The van der Waals surface area contributed by atoms with Crippen molar-refractivity contribution in [2.24, 2.45) is 11.7 Å². The molecule has 0 fully saturated rings. The molecule has 1 aliphatic rings. The second-order valence-electron chi connectivity index (χ2n) is 6.54. The van der Waals surface area contributed by atoms with Gasteiger partial charge in [-0.25, -0.2) is 8.42 Å². The zero-order chi connectivity index (χ0) is 16.8. The van der Waals surface area contributed by atoms with Gasteiger partial charge < -0.3 is 10.7 Å². The Bertz CT molecular complexity index is 918. The van der Waals surface area contributed by atoms with Gasteiger partial charge in [-0.15, -0.1) is 0 Å². The first-order chi connectivity index (χ1) is 10.7. The molecule has 0 aliphatic heterocycles. The number of allylic oxidation sites excluding steroid dienone is 3. The average molecular weight is 330 g/mol. The summed E-state index contributed by atoms with van der Waals surface area (Å²) in [5, 5.41) is 0.887. The average Bonchev–Trinajstić information content (AvgIpc) is 2.96. The predicted molar refractivity (Wildman–Crippen MR) is 94.1 cm³/mol. The molecule has 3 rings (SSSR count). The number of sulfone groups is 1. The van der Waals surface area contributed by atoms with Crippen molar-refractivity contribution in [3.05, 3.63) is 53.8 Å². The summed E-state index contributed by atoms with van der Waals surface area (Å²) in [5.41, 5.74) is 8.49. The highest BCUT2D eigenvalue weighted by Crippen LogP contribution is 2.40. The molecule has 1 aromatic carbocycles. The fourth-order valence-electron chi connectivity index (χ4n) is 3.44. The van der Waals surface area contributed by atoms with Gasteiger partial charge in [0.25, 0.3) is 0 Å². The lowest BCUT2D eigenvalue weighted by Gasteiger charge is -2.35. The highest BCUT2D eigenvalue weighted by atomic mass is 32.2. The number of aromatic amines is 1. The molecule has 2 unspecified atom stereocenters. The van der Waals surface area contributed by atoms with Crippen LogP contribution in [-0.2, 0) is 15.4 Å².